The molecule has 0 saturated heterocycles. The van der Waals surface area contributed by atoms with Crippen LogP contribution in [0.5, 0.6) is 11.5 Å². The van der Waals surface area contributed by atoms with Crippen LogP contribution in [-0.2, 0) is 9.53 Å². The molecule has 4 fully saturated rings. The Morgan fingerprint density at radius 1 is 0.956 bits per heavy atom. The van der Waals surface area contributed by atoms with Gasteiger partial charge < -0.3 is 19.7 Å². The number of rotatable bonds is 4. The molecule has 1 aromatic carbocycles. The van der Waals surface area contributed by atoms with Crippen molar-refractivity contribution in [3.63, 3.8) is 0 Å². The van der Waals surface area contributed by atoms with Gasteiger partial charge in [-0.15, -0.1) is 0 Å². The van der Waals surface area contributed by atoms with Gasteiger partial charge in [0.1, 0.15) is 6.10 Å². The Kier molecular flexibility index (Phi) is 7.71. The Morgan fingerprint density at radius 2 is 1.69 bits per heavy atom. The molecule has 5 heteroatoms. The molecule has 0 unspecified atom stereocenters. The molecule has 2 N–H and O–H groups in total. The Hall–Kier alpha value is -2.27. The molecule has 0 heterocycles. The van der Waals surface area contributed by atoms with Crippen LogP contribution in [0.2, 0.25) is 0 Å². The van der Waals surface area contributed by atoms with Crippen molar-refractivity contribution >= 4 is 12.0 Å². The van der Waals surface area contributed by atoms with Gasteiger partial charge in [-0.3, -0.25) is 0 Å². The van der Waals surface area contributed by atoms with Gasteiger partial charge in [-0.1, -0.05) is 73.6 Å². The number of phenolic OH excluding ortho intramolecular Hbond substituents is 1. The van der Waals surface area contributed by atoms with Crippen LogP contribution in [0.25, 0.3) is 6.08 Å². The van der Waals surface area contributed by atoms with Gasteiger partial charge in [0, 0.05) is 22.8 Å². The van der Waals surface area contributed by atoms with Crippen molar-refractivity contribution in [1.29, 1.82) is 0 Å². The second kappa shape index (κ2) is 10.6. The molecular formula is C40H58O5. The summed E-state index contributed by atoms with van der Waals surface area (Å²) in [6, 6.07) is 5.02. The van der Waals surface area contributed by atoms with E-state index in [2.05, 4.69) is 67.5 Å². The Balaban J connectivity index is 1.26. The van der Waals surface area contributed by atoms with E-state index in [1.54, 1.807) is 24.3 Å². The fourth-order valence-corrected chi connectivity index (χ4v) is 12.4. The maximum atomic E-state index is 13.1. The first-order chi connectivity index (χ1) is 21.0. The average Bonchev–Trinajstić information content (AvgIpc) is 2.97. The summed E-state index contributed by atoms with van der Waals surface area (Å²) in [7, 11) is 1.51. The maximum Gasteiger partial charge on any atom is 0.331 e. The third-order valence-corrected chi connectivity index (χ3v) is 15.4. The summed E-state index contributed by atoms with van der Waals surface area (Å²) >= 11 is 0. The number of methoxy groups -OCH3 is 1. The zero-order chi connectivity index (χ0) is 32.8. The van der Waals surface area contributed by atoms with Crippen LogP contribution >= 0.6 is 0 Å². The van der Waals surface area contributed by atoms with Gasteiger partial charge in [0.25, 0.3) is 0 Å². The summed E-state index contributed by atoms with van der Waals surface area (Å²) in [6.45, 7) is 19.4. The summed E-state index contributed by atoms with van der Waals surface area (Å²) < 4.78 is 11.4. The van der Waals surface area contributed by atoms with Crippen molar-refractivity contribution in [2.75, 3.05) is 7.11 Å². The molecule has 0 spiro atoms. The summed E-state index contributed by atoms with van der Waals surface area (Å²) in [5.74, 6) is 2.31. The van der Waals surface area contributed by atoms with E-state index in [1.165, 1.54) is 32.4 Å². The molecule has 5 aliphatic carbocycles. The van der Waals surface area contributed by atoms with Gasteiger partial charge in [-0.05, 0) is 115 Å². The topological polar surface area (TPSA) is 76.0 Å². The molecule has 1 aromatic rings. The molecule has 0 aliphatic heterocycles. The van der Waals surface area contributed by atoms with Crippen LogP contribution in [-0.4, -0.2) is 35.0 Å². The van der Waals surface area contributed by atoms with Gasteiger partial charge in [0.15, 0.2) is 11.5 Å². The summed E-state index contributed by atoms with van der Waals surface area (Å²) in [5.41, 5.74) is -0.137. The predicted molar refractivity (Wildman–Crippen MR) is 180 cm³/mol. The van der Waals surface area contributed by atoms with E-state index >= 15 is 0 Å². The smallest absolute Gasteiger partial charge is 0.331 e. The largest absolute Gasteiger partial charge is 0.504 e. The molecule has 6 rings (SSSR count). The van der Waals surface area contributed by atoms with Gasteiger partial charge in [-0.25, -0.2) is 4.79 Å². The molecule has 11 atom stereocenters. The molecule has 0 bridgehead atoms. The number of allylic oxidation sites excluding steroid dienone is 1. The number of hydrogen-bond acceptors (Lipinski definition) is 5. The normalized spacial score (nSPS) is 46.8. The molecule has 4 saturated carbocycles. The van der Waals surface area contributed by atoms with Crippen molar-refractivity contribution in [3.05, 3.63) is 42.0 Å². The second-order valence-corrected chi connectivity index (χ2v) is 17.6. The van der Waals surface area contributed by atoms with E-state index in [9.17, 15) is 15.0 Å². The minimum atomic E-state index is -0.793. The quantitative estimate of drug-likeness (QED) is 0.200. The third kappa shape index (κ3) is 4.52. The molecule has 5 aliphatic rings. The lowest BCUT2D eigenvalue weighted by Gasteiger charge is -2.74. The number of esters is 1. The first-order valence-corrected chi connectivity index (χ1v) is 17.6. The molecule has 45 heavy (non-hydrogen) atoms. The van der Waals surface area contributed by atoms with Crippen molar-refractivity contribution in [2.24, 2.45) is 56.7 Å². The minimum absolute atomic E-state index is 0.00299. The van der Waals surface area contributed by atoms with E-state index in [-0.39, 0.29) is 50.8 Å². The minimum Gasteiger partial charge on any atom is -0.504 e. The van der Waals surface area contributed by atoms with E-state index in [0.29, 0.717) is 29.4 Å². The van der Waals surface area contributed by atoms with E-state index in [0.717, 1.165) is 37.7 Å². The Bertz CT molecular complexity index is 1390. The number of fused-ring (bicyclic) bond motifs is 7. The van der Waals surface area contributed by atoms with Crippen molar-refractivity contribution in [2.45, 2.75) is 118 Å². The molecule has 0 amide bonds. The van der Waals surface area contributed by atoms with E-state index in [1.807, 2.05) is 0 Å². The molecule has 248 valence electrons. The van der Waals surface area contributed by atoms with Crippen molar-refractivity contribution in [1.82, 2.24) is 0 Å². The fourth-order valence-electron chi connectivity index (χ4n) is 12.4. The lowest BCUT2D eigenvalue weighted by molar-refractivity contribution is -0.275. The molecule has 0 aromatic heterocycles. The van der Waals surface area contributed by atoms with Gasteiger partial charge >= 0.3 is 5.97 Å². The first-order valence-electron chi connectivity index (χ1n) is 17.6. The number of carbonyl (C=O) groups is 1. The Labute approximate surface area is 271 Å². The number of ether oxygens (including phenoxy) is 2. The van der Waals surface area contributed by atoms with Gasteiger partial charge in [-0.2, -0.15) is 0 Å². The number of benzene rings is 1. The van der Waals surface area contributed by atoms with Crippen LogP contribution in [0.1, 0.15) is 112 Å². The zero-order valence-corrected chi connectivity index (χ0v) is 29.3. The number of hydrogen-bond donors (Lipinski definition) is 2. The third-order valence-electron chi connectivity index (χ3n) is 15.4. The highest BCUT2D eigenvalue weighted by atomic mass is 16.5. The predicted octanol–water partition coefficient (Wildman–Crippen LogP) is 8.97. The number of carbonyl (C=O) groups excluding carboxylic acids is 1. The highest BCUT2D eigenvalue weighted by Gasteiger charge is 2.73. The summed E-state index contributed by atoms with van der Waals surface area (Å²) in [5, 5.41) is 22.9. The van der Waals surface area contributed by atoms with Gasteiger partial charge in [0.05, 0.1) is 12.7 Å². The van der Waals surface area contributed by atoms with Gasteiger partial charge in [0.2, 0.25) is 0 Å². The van der Waals surface area contributed by atoms with Crippen LogP contribution in [0.15, 0.2) is 36.4 Å². The number of aliphatic hydroxyl groups is 1. The molecular weight excluding hydrogens is 560 g/mol. The van der Waals surface area contributed by atoms with Crippen molar-refractivity contribution in [3.8, 4) is 11.5 Å². The fraction of sp³-hybridized carbons (Fsp3) is 0.725. The zero-order valence-electron chi connectivity index (χ0n) is 29.3. The highest BCUT2D eigenvalue weighted by Crippen LogP contribution is 2.76. The molecule has 5 nitrogen and oxygen atoms in total. The monoisotopic (exact) mass is 618 g/mol. The highest BCUT2D eigenvalue weighted by molar-refractivity contribution is 5.87. The average molecular weight is 619 g/mol. The van der Waals surface area contributed by atoms with Crippen LogP contribution in [0.4, 0.5) is 0 Å². The number of phenols is 1. The van der Waals surface area contributed by atoms with E-state index < -0.39 is 5.60 Å². The maximum absolute atomic E-state index is 13.1. The van der Waals surface area contributed by atoms with Crippen LogP contribution in [0.3, 0.4) is 0 Å². The first kappa shape index (κ1) is 32.7. The number of aromatic hydroxyl groups is 1. The SMILES string of the molecule is COc1cc(/C=C/C(=O)O[C@H]2CC[C@]3(C)[C@H]4C=C[C@]5(O)[C@@H]6[C@@H](C)[C@H](C)CC[C@]6(C)CC[C@@]5(C)[C@]4(C)CC[C@H]3C2(C)C)ccc1O. The van der Waals surface area contributed by atoms with Crippen LogP contribution < -0.4 is 4.74 Å². The summed E-state index contributed by atoms with van der Waals surface area (Å²) in [4.78, 5) is 13.1. The standard InChI is InChI=1S/C40H58O5/c1-25-14-18-36(5)22-23-39(8)38(7)20-15-30-35(3,4)32(45-33(42)13-11-27-10-12-28(41)29(24-27)44-9)17-19-37(30,6)31(38)16-21-40(39,43)34(36)26(25)2/h10-13,16,21,24-26,30-32,34,41,43H,14-15,17-20,22-23H2,1-9H3/b13-11+/t25-,26+,30+,31-,32+,34-,36-,37+,38-,39+,40+/m1/s1. The van der Waals surface area contributed by atoms with E-state index in [4.69, 9.17) is 9.47 Å². The lowest BCUT2D eigenvalue weighted by Crippen LogP contribution is -2.72. The lowest BCUT2D eigenvalue weighted by atomic mass is 9.31. The molecule has 0 radical (unpaired) electrons. The second-order valence-electron chi connectivity index (χ2n) is 17.6. The Morgan fingerprint density at radius 3 is 2.40 bits per heavy atom. The summed E-state index contributed by atoms with van der Waals surface area (Å²) in [6.07, 6.45) is 16.6. The van der Waals surface area contributed by atoms with Crippen molar-refractivity contribution < 1.29 is 24.5 Å². The van der Waals surface area contributed by atoms with Crippen LogP contribution in [0, 0.1) is 56.7 Å².